The Labute approximate surface area is 201 Å². The van der Waals surface area contributed by atoms with Gasteiger partial charge in [0.1, 0.15) is 11.8 Å². The molecule has 1 amide bonds. The van der Waals surface area contributed by atoms with Crippen molar-refractivity contribution in [1.82, 2.24) is 24.9 Å². The Bertz CT molecular complexity index is 1430. The zero-order chi connectivity index (χ0) is 24.8. The maximum atomic E-state index is 12.8. The number of benzene rings is 2. The molecule has 178 valence electrons. The number of aromatic nitrogens is 4. The summed E-state index contributed by atoms with van der Waals surface area (Å²) in [6.07, 6.45) is 0. The molecule has 0 aliphatic carbocycles. The van der Waals surface area contributed by atoms with Gasteiger partial charge in [0.05, 0.1) is 25.0 Å². The highest BCUT2D eigenvalue weighted by Crippen LogP contribution is 2.20. The minimum absolute atomic E-state index is 0.168. The summed E-state index contributed by atoms with van der Waals surface area (Å²) in [6, 6.07) is 22.0. The van der Waals surface area contributed by atoms with E-state index in [4.69, 9.17) is 4.74 Å². The molecule has 1 unspecified atom stereocenters. The molecule has 0 bridgehead atoms. The third-order valence-electron chi connectivity index (χ3n) is 5.52. The van der Waals surface area contributed by atoms with Gasteiger partial charge in [0.15, 0.2) is 0 Å². The summed E-state index contributed by atoms with van der Waals surface area (Å²) in [5.41, 5.74) is 2.24. The molecule has 9 nitrogen and oxygen atoms in total. The second-order valence-corrected chi connectivity index (χ2v) is 7.84. The first kappa shape index (κ1) is 23.6. The fourth-order valence-electron chi connectivity index (χ4n) is 3.53. The van der Waals surface area contributed by atoms with Gasteiger partial charge in [-0.1, -0.05) is 30.3 Å². The SMILES string of the molecule is COc1ccc(-c2ccc(=O)n(C(C)C(=O)NCCn3nc(-c4ccccc4)ccc3=O)n2)cc1. The van der Waals surface area contributed by atoms with Gasteiger partial charge in [-0.05, 0) is 43.3 Å². The third-order valence-corrected chi connectivity index (χ3v) is 5.52. The van der Waals surface area contributed by atoms with Crippen molar-refractivity contribution in [3.63, 3.8) is 0 Å². The van der Waals surface area contributed by atoms with Crippen molar-refractivity contribution in [2.45, 2.75) is 19.5 Å². The number of nitrogens with zero attached hydrogens (tertiary/aromatic N) is 4. The van der Waals surface area contributed by atoms with Crippen molar-refractivity contribution in [1.29, 1.82) is 0 Å². The molecule has 0 fully saturated rings. The summed E-state index contributed by atoms with van der Waals surface area (Å²) in [7, 11) is 1.58. The fraction of sp³-hybridized carbons (Fsp3) is 0.192. The Hall–Kier alpha value is -4.53. The summed E-state index contributed by atoms with van der Waals surface area (Å²) >= 11 is 0. The van der Waals surface area contributed by atoms with E-state index in [-0.39, 0.29) is 18.6 Å². The lowest BCUT2D eigenvalue weighted by molar-refractivity contribution is -0.124. The molecule has 0 spiro atoms. The lowest BCUT2D eigenvalue weighted by Crippen LogP contribution is -2.39. The van der Waals surface area contributed by atoms with E-state index >= 15 is 0 Å². The number of nitrogens with one attached hydrogen (secondary N) is 1. The molecule has 4 aromatic rings. The number of carbonyl (C=O) groups excluding carboxylic acids is 1. The van der Waals surface area contributed by atoms with Gasteiger partial charge < -0.3 is 10.1 Å². The summed E-state index contributed by atoms with van der Waals surface area (Å²) in [6.45, 7) is 1.95. The van der Waals surface area contributed by atoms with Crippen molar-refractivity contribution in [3.05, 3.63) is 99.6 Å². The maximum absolute atomic E-state index is 12.8. The lowest BCUT2D eigenvalue weighted by Gasteiger charge is -2.15. The van der Waals surface area contributed by atoms with Crippen LogP contribution in [0.15, 0.2) is 88.5 Å². The average molecular weight is 472 g/mol. The molecular weight excluding hydrogens is 446 g/mol. The Kier molecular flexibility index (Phi) is 7.15. The largest absolute Gasteiger partial charge is 0.497 e. The Morgan fingerprint density at radius 2 is 1.49 bits per heavy atom. The fourth-order valence-corrected chi connectivity index (χ4v) is 3.53. The Morgan fingerprint density at radius 1 is 0.857 bits per heavy atom. The van der Waals surface area contributed by atoms with Crippen LogP contribution in [0.3, 0.4) is 0 Å². The van der Waals surface area contributed by atoms with Gasteiger partial charge in [-0.25, -0.2) is 9.36 Å². The molecule has 9 heteroatoms. The maximum Gasteiger partial charge on any atom is 0.267 e. The van der Waals surface area contributed by atoms with Crippen molar-refractivity contribution in [2.24, 2.45) is 0 Å². The van der Waals surface area contributed by atoms with E-state index in [0.717, 1.165) is 15.8 Å². The predicted octanol–water partition coefficient (Wildman–Crippen LogP) is 2.52. The van der Waals surface area contributed by atoms with Crippen molar-refractivity contribution in [3.8, 4) is 28.3 Å². The Balaban J connectivity index is 1.44. The lowest BCUT2D eigenvalue weighted by atomic mass is 10.1. The highest BCUT2D eigenvalue weighted by Gasteiger charge is 2.18. The minimum Gasteiger partial charge on any atom is -0.497 e. The van der Waals surface area contributed by atoms with E-state index in [2.05, 4.69) is 15.5 Å². The number of methoxy groups -OCH3 is 1. The van der Waals surface area contributed by atoms with Crippen LogP contribution in [-0.2, 0) is 11.3 Å². The van der Waals surface area contributed by atoms with Gasteiger partial charge >= 0.3 is 0 Å². The van der Waals surface area contributed by atoms with Crippen LogP contribution < -0.4 is 21.2 Å². The third kappa shape index (κ3) is 5.52. The molecule has 2 aromatic carbocycles. The van der Waals surface area contributed by atoms with Crippen LogP contribution in [-0.4, -0.2) is 39.1 Å². The molecule has 2 aromatic heterocycles. The van der Waals surface area contributed by atoms with Gasteiger partial charge in [-0.2, -0.15) is 10.2 Å². The molecule has 2 heterocycles. The van der Waals surface area contributed by atoms with Gasteiger partial charge in [0.2, 0.25) is 5.91 Å². The number of amides is 1. The van der Waals surface area contributed by atoms with Gasteiger partial charge in [0.25, 0.3) is 11.1 Å². The monoisotopic (exact) mass is 471 g/mol. The summed E-state index contributed by atoms with van der Waals surface area (Å²) < 4.78 is 7.62. The van der Waals surface area contributed by atoms with Crippen LogP contribution in [0.4, 0.5) is 0 Å². The second-order valence-electron chi connectivity index (χ2n) is 7.84. The average Bonchev–Trinajstić information content (AvgIpc) is 2.90. The van der Waals surface area contributed by atoms with Crippen LogP contribution >= 0.6 is 0 Å². The van der Waals surface area contributed by atoms with Gasteiger partial charge in [-0.3, -0.25) is 14.4 Å². The number of rotatable bonds is 8. The molecule has 0 saturated carbocycles. The van der Waals surface area contributed by atoms with Crippen LogP contribution in [0, 0.1) is 0 Å². The zero-order valence-electron chi connectivity index (χ0n) is 19.4. The predicted molar refractivity (Wildman–Crippen MR) is 132 cm³/mol. The van der Waals surface area contributed by atoms with E-state index in [1.165, 1.54) is 16.8 Å². The number of hydrogen-bond donors (Lipinski definition) is 1. The zero-order valence-corrected chi connectivity index (χ0v) is 19.4. The first-order chi connectivity index (χ1) is 17.0. The molecule has 1 N–H and O–H groups in total. The number of hydrogen-bond acceptors (Lipinski definition) is 6. The summed E-state index contributed by atoms with van der Waals surface area (Å²) in [5, 5.41) is 11.5. The standard InChI is InChI=1S/C26H25N5O4/c1-18(31-25(33)15-13-23(29-31)20-8-10-21(35-2)11-9-20)26(34)27-16-17-30-24(32)14-12-22(28-30)19-6-4-3-5-7-19/h3-15,18H,16-17H2,1-2H3,(H,27,34). The number of ether oxygens (including phenoxy) is 1. The summed E-state index contributed by atoms with van der Waals surface area (Å²) in [5.74, 6) is 0.316. The van der Waals surface area contributed by atoms with Crippen LogP contribution in [0.5, 0.6) is 5.75 Å². The smallest absolute Gasteiger partial charge is 0.267 e. The quantitative estimate of drug-likeness (QED) is 0.423. The molecule has 0 aliphatic heterocycles. The molecule has 0 aliphatic rings. The van der Waals surface area contributed by atoms with E-state index in [9.17, 15) is 14.4 Å². The van der Waals surface area contributed by atoms with Crippen LogP contribution in [0.25, 0.3) is 22.5 Å². The van der Waals surface area contributed by atoms with Crippen molar-refractivity contribution >= 4 is 5.91 Å². The molecule has 1 atom stereocenters. The molecule has 4 rings (SSSR count). The second kappa shape index (κ2) is 10.6. The first-order valence-electron chi connectivity index (χ1n) is 11.1. The highest BCUT2D eigenvalue weighted by molar-refractivity contribution is 5.79. The number of carbonyl (C=O) groups is 1. The summed E-state index contributed by atoms with van der Waals surface area (Å²) in [4.78, 5) is 37.4. The molecule has 35 heavy (non-hydrogen) atoms. The molecule has 0 radical (unpaired) electrons. The van der Waals surface area contributed by atoms with Crippen molar-refractivity contribution in [2.75, 3.05) is 13.7 Å². The van der Waals surface area contributed by atoms with E-state index in [1.807, 2.05) is 42.5 Å². The molecular formula is C26H25N5O4. The highest BCUT2D eigenvalue weighted by atomic mass is 16.5. The Morgan fingerprint density at radius 3 is 2.17 bits per heavy atom. The molecule has 0 saturated heterocycles. The first-order valence-corrected chi connectivity index (χ1v) is 11.1. The van der Waals surface area contributed by atoms with Crippen LogP contribution in [0.2, 0.25) is 0 Å². The van der Waals surface area contributed by atoms with E-state index in [0.29, 0.717) is 17.1 Å². The normalized spacial score (nSPS) is 11.6. The topological polar surface area (TPSA) is 108 Å². The van der Waals surface area contributed by atoms with Gasteiger partial charge in [0, 0.05) is 29.8 Å². The van der Waals surface area contributed by atoms with Crippen molar-refractivity contribution < 1.29 is 9.53 Å². The van der Waals surface area contributed by atoms with Crippen LogP contribution in [0.1, 0.15) is 13.0 Å². The van der Waals surface area contributed by atoms with Gasteiger partial charge in [-0.15, -0.1) is 0 Å². The van der Waals surface area contributed by atoms with E-state index in [1.54, 1.807) is 38.3 Å². The minimum atomic E-state index is -0.846. The van der Waals surface area contributed by atoms with E-state index < -0.39 is 17.5 Å².